The van der Waals surface area contributed by atoms with Gasteiger partial charge in [-0.15, -0.1) is 0 Å². The normalized spacial score (nSPS) is 11.4. The molecule has 0 aliphatic carbocycles. The average Bonchev–Trinajstić information content (AvgIpc) is 2.54. The minimum atomic E-state index is -0.751. The second kappa shape index (κ2) is 11.2. The van der Waals surface area contributed by atoms with Gasteiger partial charge in [0, 0.05) is 6.42 Å². The van der Waals surface area contributed by atoms with Gasteiger partial charge in [0.25, 0.3) is 0 Å². The number of para-hydroxylation sites is 1. The van der Waals surface area contributed by atoms with Crippen LogP contribution in [0.5, 0.6) is 5.75 Å². The van der Waals surface area contributed by atoms with Crippen LogP contribution in [0.25, 0.3) is 0 Å². The minimum absolute atomic E-state index is 0.154. The molecule has 0 radical (unpaired) electrons. The Morgan fingerprint density at radius 3 is 2.42 bits per heavy atom. The first-order chi connectivity index (χ1) is 11.5. The number of rotatable bonds is 10. The van der Waals surface area contributed by atoms with Crippen LogP contribution in [0.2, 0.25) is 0 Å². The molecule has 1 amide bonds. The molecule has 0 aliphatic rings. The van der Waals surface area contributed by atoms with Gasteiger partial charge in [-0.25, -0.2) is 9.59 Å². The number of carbonyl (C=O) groups is 3. The molecule has 0 bridgehead atoms. The first kappa shape index (κ1) is 19.7. The van der Waals surface area contributed by atoms with Crippen molar-refractivity contribution in [3.63, 3.8) is 0 Å². The van der Waals surface area contributed by atoms with E-state index in [1.807, 2.05) is 6.07 Å². The van der Waals surface area contributed by atoms with E-state index >= 15 is 0 Å². The summed E-state index contributed by atoms with van der Waals surface area (Å²) in [5.41, 5.74) is 0. The molecule has 24 heavy (non-hydrogen) atoms. The molecular formula is C18H25NO5. The van der Waals surface area contributed by atoms with E-state index in [1.165, 1.54) is 0 Å². The van der Waals surface area contributed by atoms with Crippen molar-refractivity contribution >= 4 is 17.8 Å². The Labute approximate surface area is 142 Å². The molecule has 0 heterocycles. The van der Waals surface area contributed by atoms with Gasteiger partial charge in [0.1, 0.15) is 17.6 Å². The molecule has 1 rings (SSSR count). The van der Waals surface area contributed by atoms with E-state index in [0.29, 0.717) is 25.0 Å². The third-order valence-corrected chi connectivity index (χ3v) is 3.34. The van der Waals surface area contributed by atoms with Gasteiger partial charge >= 0.3 is 12.1 Å². The standard InChI is InChI=1S/C18H25NO5/c1-3-23-17(21)16(13-9-4-6-10-14(2)20)19-18(22)24-15-11-7-5-8-12-15/h5,7-8,11-12,16H,3-4,6,9-10,13H2,1-2H3,(H,19,22). The summed E-state index contributed by atoms with van der Waals surface area (Å²) in [7, 11) is 0. The Bertz CT molecular complexity index is 529. The van der Waals surface area contributed by atoms with Crippen molar-refractivity contribution in [2.45, 2.75) is 52.0 Å². The van der Waals surface area contributed by atoms with Crippen LogP contribution in [0.4, 0.5) is 4.79 Å². The smallest absolute Gasteiger partial charge is 0.413 e. The molecule has 132 valence electrons. The maximum atomic E-state index is 12.0. The van der Waals surface area contributed by atoms with E-state index in [2.05, 4.69) is 5.32 Å². The van der Waals surface area contributed by atoms with Crippen LogP contribution in [0.15, 0.2) is 30.3 Å². The predicted octanol–water partition coefficient (Wildman–Crippen LogP) is 3.25. The van der Waals surface area contributed by atoms with Gasteiger partial charge in [-0.05, 0) is 38.8 Å². The van der Waals surface area contributed by atoms with Gasteiger partial charge in [-0.2, -0.15) is 0 Å². The Balaban J connectivity index is 2.47. The highest BCUT2D eigenvalue weighted by Crippen LogP contribution is 2.11. The van der Waals surface area contributed by atoms with Crippen molar-refractivity contribution < 1.29 is 23.9 Å². The lowest BCUT2D eigenvalue weighted by molar-refractivity contribution is -0.145. The monoisotopic (exact) mass is 335 g/mol. The van der Waals surface area contributed by atoms with Crippen molar-refractivity contribution in [1.29, 1.82) is 0 Å². The molecule has 1 unspecified atom stereocenters. The van der Waals surface area contributed by atoms with Crippen molar-refractivity contribution in [2.24, 2.45) is 0 Å². The number of benzene rings is 1. The number of esters is 1. The zero-order chi connectivity index (χ0) is 17.8. The fraction of sp³-hybridized carbons (Fsp3) is 0.500. The summed E-state index contributed by atoms with van der Waals surface area (Å²) in [4.78, 5) is 34.8. The summed E-state index contributed by atoms with van der Waals surface area (Å²) in [6.07, 6.45) is 2.59. The van der Waals surface area contributed by atoms with Gasteiger partial charge in [-0.1, -0.05) is 31.0 Å². The number of hydrogen-bond donors (Lipinski definition) is 1. The number of unbranched alkanes of at least 4 members (excludes halogenated alkanes) is 2. The molecule has 0 saturated heterocycles. The van der Waals surface area contributed by atoms with E-state index in [9.17, 15) is 14.4 Å². The Hall–Kier alpha value is -2.37. The topological polar surface area (TPSA) is 81.7 Å². The molecule has 0 fully saturated rings. The van der Waals surface area contributed by atoms with Gasteiger partial charge in [0.15, 0.2) is 0 Å². The number of carbonyl (C=O) groups excluding carboxylic acids is 3. The van der Waals surface area contributed by atoms with Gasteiger partial charge < -0.3 is 19.6 Å². The molecule has 6 heteroatoms. The Morgan fingerprint density at radius 1 is 1.08 bits per heavy atom. The van der Waals surface area contributed by atoms with Crippen LogP contribution in [-0.4, -0.2) is 30.5 Å². The van der Waals surface area contributed by atoms with Gasteiger partial charge in [-0.3, -0.25) is 0 Å². The van der Waals surface area contributed by atoms with Crippen molar-refractivity contribution in [3.05, 3.63) is 30.3 Å². The molecule has 0 aliphatic heterocycles. The minimum Gasteiger partial charge on any atom is -0.464 e. The first-order valence-electron chi connectivity index (χ1n) is 8.22. The summed E-state index contributed by atoms with van der Waals surface area (Å²) in [6, 6.07) is 7.87. The maximum Gasteiger partial charge on any atom is 0.413 e. The van der Waals surface area contributed by atoms with Crippen molar-refractivity contribution in [1.82, 2.24) is 5.32 Å². The van der Waals surface area contributed by atoms with Crippen molar-refractivity contribution in [2.75, 3.05) is 6.61 Å². The number of ketones is 1. The summed E-state index contributed by atoms with van der Waals surface area (Å²) >= 11 is 0. The molecule has 1 aromatic rings. The fourth-order valence-electron chi connectivity index (χ4n) is 2.16. The number of hydrogen-bond acceptors (Lipinski definition) is 5. The average molecular weight is 335 g/mol. The fourth-order valence-corrected chi connectivity index (χ4v) is 2.16. The molecule has 0 spiro atoms. The third kappa shape index (κ3) is 8.31. The van der Waals surface area contributed by atoms with Gasteiger partial charge in [0.05, 0.1) is 6.61 Å². The largest absolute Gasteiger partial charge is 0.464 e. The molecule has 1 aromatic carbocycles. The predicted molar refractivity (Wildman–Crippen MR) is 89.8 cm³/mol. The molecule has 0 saturated carbocycles. The lowest BCUT2D eigenvalue weighted by Crippen LogP contribution is -2.43. The number of nitrogens with one attached hydrogen (secondary N) is 1. The first-order valence-corrected chi connectivity index (χ1v) is 8.22. The van der Waals surface area contributed by atoms with Crippen LogP contribution in [0.3, 0.4) is 0 Å². The van der Waals surface area contributed by atoms with E-state index in [0.717, 1.165) is 12.8 Å². The molecule has 6 nitrogen and oxygen atoms in total. The lowest BCUT2D eigenvalue weighted by atomic mass is 10.1. The van der Waals surface area contributed by atoms with Crippen LogP contribution in [0, 0.1) is 0 Å². The SMILES string of the molecule is CCOC(=O)C(CCCCCC(C)=O)NC(=O)Oc1ccccc1. The molecule has 0 aromatic heterocycles. The third-order valence-electron chi connectivity index (χ3n) is 3.34. The van der Waals surface area contributed by atoms with Gasteiger partial charge in [0.2, 0.25) is 0 Å². The summed E-state index contributed by atoms with van der Waals surface area (Å²) < 4.78 is 10.1. The van der Waals surface area contributed by atoms with E-state index in [-0.39, 0.29) is 12.4 Å². The summed E-state index contributed by atoms with van der Waals surface area (Å²) in [5.74, 6) is 0.0784. The Morgan fingerprint density at radius 2 is 1.79 bits per heavy atom. The number of Topliss-reactive ketones (excluding diaryl/α,β-unsaturated/α-hetero) is 1. The zero-order valence-corrected chi connectivity index (χ0v) is 14.2. The molecule has 1 N–H and O–H groups in total. The zero-order valence-electron chi connectivity index (χ0n) is 14.2. The summed E-state index contributed by atoms with van der Waals surface area (Å²) in [6.45, 7) is 3.52. The molecule has 1 atom stereocenters. The highest BCUT2D eigenvalue weighted by atomic mass is 16.6. The number of ether oxygens (including phenoxy) is 2. The van der Waals surface area contributed by atoms with Crippen LogP contribution in [-0.2, 0) is 14.3 Å². The van der Waals surface area contributed by atoms with E-state index < -0.39 is 18.1 Å². The van der Waals surface area contributed by atoms with Crippen molar-refractivity contribution in [3.8, 4) is 5.75 Å². The van der Waals surface area contributed by atoms with E-state index in [1.54, 1.807) is 38.1 Å². The highest BCUT2D eigenvalue weighted by Gasteiger charge is 2.22. The number of amides is 1. The maximum absolute atomic E-state index is 12.0. The van der Waals surface area contributed by atoms with Crippen LogP contribution in [0.1, 0.15) is 46.0 Å². The highest BCUT2D eigenvalue weighted by molar-refractivity contribution is 5.82. The Kier molecular flexibility index (Phi) is 9.19. The lowest BCUT2D eigenvalue weighted by Gasteiger charge is -2.17. The van der Waals surface area contributed by atoms with E-state index in [4.69, 9.17) is 9.47 Å². The van der Waals surface area contributed by atoms with Crippen LogP contribution >= 0.6 is 0 Å². The summed E-state index contributed by atoms with van der Waals surface area (Å²) in [5, 5.41) is 2.55. The van der Waals surface area contributed by atoms with Crippen LogP contribution < -0.4 is 10.1 Å². The second-order valence-corrected chi connectivity index (χ2v) is 5.45. The quantitative estimate of drug-likeness (QED) is 0.524. The second-order valence-electron chi connectivity index (χ2n) is 5.45. The molecular weight excluding hydrogens is 310 g/mol.